The third kappa shape index (κ3) is 6.63. The molecule has 0 aliphatic heterocycles. The molecule has 0 unspecified atom stereocenters. The minimum absolute atomic E-state index is 1.14. The molecule has 0 amide bonds. The largest absolute Gasteiger partial charge is 0.309 e. The lowest BCUT2D eigenvalue weighted by molar-refractivity contribution is 1.18. The Kier molecular flexibility index (Phi) is 9.89. The molecule has 0 saturated heterocycles. The number of nitrogens with zero attached hydrogens (tertiary/aromatic N) is 4. The van der Waals surface area contributed by atoms with Crippen molar-refractivity contribution in [2.75, 3.05) is 0 Å². The summed E-state index contributed by atoms with van der Waals surface area (Å²) in [7, 11) is 0. The van der Waals surface area contributed by atoms with Crippen molar-refractivity contribution in [3.63, 3.8) is 0 Å². The molecular formula is C70H40N4S6. The smallest absolute Gasteiger partial charge is 0.101 e. The van der Waals surface area contributed by atoms with E-state index in [9.17, 15) is 0 Å². The van der Waals surface area contributed by atoms with E-state index < -0.39 is 0 Å². The maximum Gasteiger partial charge on any atom is 0.101 e. The number of hydrogen-bond donors (Lipinski definition) is 0. The van der Waals surface area contributed by atoms with Gasteiger partial charge in [-0.2, -0.15) is 0 Å². The van der Waals surface area contributed by atoms with Crippen molar-refractivity contribution in [1.82, 2.24) is 18.3 Å². The fourth-order valence-corrected chi connectivity index (χ4v) is 18.7. The van der Waals surface area contributed by atoms with E-state index in [1.54, 1.807) is 22.7 Å². The van der Waals surface area contributed by atoms with Crippen molar-refractivity contribution in [2.24, 2.45) is 0 Å². The second-order valence-electron chi connectivity index (χ2n) is 20.4. The molecule has 0 spiro atoms. The molecule has 0 N–H and O–H groups in total. The molecule has 10 aromatic heterocycles. The molecule has 0 fully saturated rings. The first-order valence-electron chi connectivity index (χ1n) is 26.6. The molecule has 10 heterocycles. The molecule has 0 atom stereocenters. The van der Waals surface area contributed by atoms with Crippen molar-refractivity contribution in [2.45, 2.75) is 0 Å². The lowest BCUT2D eigenvalue weighted by Crippen LogP contribution is -1.97. The van der Waals surface area contributed by atoms with Crippen LogP contribution in [0.1, 0.15) is 0 Å². The minimum Gasteiger partial charge on any atom is -0.309 e. The normalized spacial score (nSPS) is 12.2. The third-order valence-corrected chi connectivity index (χ3v) is 22.9. The topological polar surface area (TPSA) is 19.7 Å². The average Bonchev–Trinajstić information content (AvgIpc) is 4.26. The standard InChI is InChI=1S/C70H40N4S6/c1-5-15-51-45(11-1)47-25-27-55-67(49-13-3-7-17-53(49)73(55)65-35-33-63(79-65)61-31-29-59(77-61)57-19-9-37-75-57)69(47)71(51)43-23-21-42-40-44(24-22-41(42)39-43)72-52-16-6-2-12-46(52)48-26-28-56-68(70(48)72)50-14-4-8-18-54(50)74(56)66-36-34-64(80-66)62-32-30-60(78-62)58-20-10-38-76-58/h1-40H. The number of fused-ring (bicyclic) bond motifs is 15. The molecule has 0 bridgehead atoms. The SMILES string of the molecule is c1csc(-c2ccc(-c3ccc(-n4c5ccccc5c5c4ccc4c6ccccc6n(-c6ccc7cc(-n8c9ccccc9c9ccc%10c(c%11ccccc%11n%10-c%10ccc(-c%11ccc(-c%12cccs%12)s%11)s%10)c98)ccc7c6)c45)s3)s2)c1. The molecule has 18 rings (SSSR count). The van der Waals surface area contributed by atoms with Crippen LogP contribution < -0.4 is 0 Å². The van der Waals surface area contributed by atoms with E-state index in [4.69, 9.17) is 0 Å². The summed E-state index contributed by atoms with van der Waals surface area (Å²) in [4.78, 5) is 10.4. The fourth-order valence-electron chi connectivity index (χ4n) is 12.7. The zero-order valence-electron chi connectivity index (χ0n) is 42.3. The number of aromatic nitrogens is 4. The Morgan fingerprint density at radius 3 is 1.04 bits per heavy atom. The second-order valence-corrected chi connectivity index (χ2v) is 26.6. The summed E-state index contributed by atoms with van der Waals surface area (Å²) in [5, 5.41) is 19.2. The predicted octanol–water partition coefficient (Wildman–Crippen LogP) is 22.3. The third-order valence-electron chi connectivity index (χ3n) is 16.1. The van der Waals surface area contributed by atoms with Crippen molar-refractivity contribution in [3.8, 4) is 60.4 Å². The maximum absolute atomic E-state index is 2.52. The molecule has 80 heavy (non-hydrogen) atoms. The van der Waals surface area contributed by atoms with Gasteiger partial charge in [0, 0.05) is 93.5 Å². The van der Waals surface area contributed by atoms with Crippen molar-refractivity contribution in [1.29, 1.82) is 0 Å². The van der Waals surface area contributed by atoms with E-state index in [2.05, 4.69) is 260 Å². The molecule has 0 radical (unpaired) electrons. The molecule has 8 aromatic carbocycles. The number of thiophene rings is 6. The van der Waals surface area contributed by atoms with Crippen LogP contribution in [0.3, 0.4) is 0 Å². The summed E-state index contributed by atoms with van der Waals surface area (Å²) >= 11 is 11.1. The van der Waals surface area contributed by atoms with Crippen LogP contribution in [0.4, 0.5) is 0 Å². The Labute approximate surface area is 482 Å². The first kappa shape index (κ1) is 45.3. The molecule has 0 aliphatic carbocycles. The average molecular weight is 1130 g/mol. The second kappa shape index (κ2) is 17.5. The summed E-state index contributed by atoms with van der Waals surface area (Å²) < 4.78 is 10.0. The van der Waals surface area contributed by atoms with Gasteiger partial charge in [0.1, 0.15) is 10.0 Å². The van der Waals surface area contributed by atoms with Crippen molar-refractivity contribution in [3.05, 3.63) is 241 Å². The summed E-state index contributed by atoms with van der Waals surface area (Å²) in [6.45, 7) is 0. The van der Waals surface area contributed by atoms with Gasteiger partial charge in [0.05, 0.1) is 44.1 Å². The van der Waals surface area contributed by atoms with E-state index in [1.807, 2.05) is 45.3 Å². The van der Waals surface area contributed by atoms with Gasteiger partial charge in [-0.1, -0.05) is 109 Å². The number of hydrogen-bond acceptors (Lipinski definition) is 6. The van der Waals surface area contributed by atoms with E-state index in [1.165, 1.54) is 147 Å². The highest BCUT2D eigenvalue weighted by Crippen LogP contribution is 2.48. The lowest BCUT2D eigenvalue weighted by atomic mass is 10.1. The highest BCUT2D eigenvalue weighted by Gasteiger charge is 2.25. The Hall–Kier alpha value is -8.58. The van der Waals surface area contributed by atoms with Crippen LogP contribution in [0.5, 0.6) is 0 Å². The highest BCUT2D eigenvalue weighted by molar-refractivity contribution is 7.27. The zero-order valence-corrected chi connectivity index (χ0v) is 47.2. The summed E-state index contributed by atoms with van der Waals surface area (Å²) in [6.07, 6.45) is 0. The Morgan fingerprint density at radius 1 is 0.237 bits per heavy atom. The Balaban J connectivity index is 0.789. The van der Waals surface area contributed by atoms with Crippen LogP contribution in [0.15, 0.2) is 241 Å². The highest BCUT2D eigenvalue weighted by atomic mass is 32.1. The van der Waals surface area contributed by atoms with Gasteiger partial charge in [-0.25, -0.2) is 0 Å². The van der Waals surface area contributed by atoms with Gasteiger partial charge >= 0.3 is 0 Å². The van der Waals surface area contributed by atoms with E-state index >= 15 is 0 Å². The number of para-hydroxylation sites is 4. The zero-order chi connectivity index (χ0) is 52.2. The number of rotatable bonds is 8. The van der Waals surface area contributed by atoms with Crippen LogP contribution in [0.25, 0.3) is 158 Å². The molecule has 18 aromatic rings. The van der Waals surface area contributed by atoms with Crippen LogP contribution >= 0.6 is 68.0 Å². The summed E-state index contributed by atoms with van der Waals surface area (Å²) in [6, 6.07) is 86.3. The monoisotopic (exact) mass is 1130 g/mol. The minimum atomic E-state index is 1.14. The van der Waals surface area contributed by atoms with Gasteiger partial charge in [0.2, 0.25) is 0 Å². The van der Waals surface area contributed by atoms with Gasteiger partial charge in [-0.3, -0.25) is 0 Å². The lowest BCUT2D eigenvalue weighted by Gasteiger charge is -2.13. The van der Waals surface area contributed by atoms with Gasteiger partial charge in [-0.15, -0.1) is 68.0 Å². The predicted molar refractivity (Wildman–Crippen MR) is 350 cm³/mol. The molecule has 10 heteroatoms. The fraction of sp³-hybridized carbons (Fsp3) is 0. The van der Waals surface area contributed by atoms with Crippen LogP contribution in [-0.4, -0.2) is 18.3 Å². The maximum atomic E-state index is 2.52. The van der Waals surface area contributed by atoms with E-state index in [0.717, 1.165) is 11.4 Å². The molecular weight excluding hydrogens is 1090 g/mol. The van der Waals surface area contributed by atoms with Crippen molar-refractivity contribution >= 4 is 166 Å². The van der Waals surface area contributed by atoms with Gasteiger partial charge in [0.15, 0.2) is 0 Å². The Morgan fingerprint density at radius 2 is 0.613 bits per heavy atom. The summed E-state index contributed by atoms with van der Waals surface area (Å²) in [5.41, 5.74) is 12.0. The first-order chi connectivity index (χ1) is 39.7. The number of benzene rings is 8. The van der Waals surface area contributed by atoms with Gasteiger partial charge < -0.3 is 18.3 Å². The molecule has 4 nitrogen and oxygen atoms in total. The van der Waals surface area contributed by atoms with Crippen LogP contribution in [-0.2, 0) is 0 Å². The van der Waals surface area contributed by atoms with Crippen molar-refractivity contribution < 1.29 is 0 Å². The van der Waals surface area contributed by atoms with Gasteiger partial charge in [-0.05, 0) is 143 Å². The first-order valence-corrected chi connectivity index (χ1v) is 31.6. The van der Waals surface area contributed by atoms with Crippen LogP contribution in [0.2, 0.25) is 0 Å². The van der Waals surface area contributed by atoms with E-state index in [0.29, 0.717) is 0 Å². The molecule has 376 valence electrons. The Bertz CT molecular complexity index is 5160. The van der Waals surface area contributed by atoms with E-state index in [-0.39, 0.29) is 0 Å². The van der Waals surface area contributed by atoms with Gasteiger partial charge in [0.25, 0.3) is 0 Å². The van der Waals surface area contributed by atoms with Crippen LogP contribution in [0, 0.1) is 0 Å². The molecule has 0 saturated carbocycles. The molecule has 0 aliphatic rings. The quantitative estimate of drug-likeness (QED) is 0.144. The summed E-state index contributed by atoms with van der Waals surface area (Å²) in [5.74, 6) is 0.